The number of phenolic OH excluding ortho intramolecular Hbond substituents is 2. The van der Waals surface area contributed by atoms with Crippen LogP contribution in [0.3, 0.4) is 0 Å². The molecule has 0 saturated heterocycles. The van der Waals surface area contributed by atoms with E-state index in [0.29, 0.717) is 6.42 Å². The minimum Gasteiger partial charge on any atom is -0.508 e. The zero-order chi connectivity index (χ0) is 15.2. The molecule has 0 amide bonds. The van der Waals surface area contributed by atoms with Crippen molar-refractivity contribution in [1.29, 1.82) is 0 Å². The number of hydrogen-bond acceptors (Lipinski definition) is 4. The third kappa shape index (κ3) is 4.48. The summed E-state index contributed by atoms with van der Waals surface area (Å²) in [7, 11) is 0. The molecule has 0 spiro atoms. The Labute approximate surface area is 124 Å². The van der Waals surface area contributed by atoms with Crippen LogP contribution in [0.4, 0.5) is 0 Å². The summed E-state index contributed by atoms with van der Waals surface area (Å²) in [6.45, 7) is 1.95. The number of hydrogen-bond donors (Lipinski definition) is 4. The maximum atomic E-state index is 9.53. The van der Waals surface area contributed by atoms with Gasteiger partial charge in [-0.2, -0.15) is 0 Å². The van der Waals surface area contributed by atoms with E-state index in [2.05, 4.69) is 5.32 Å². The number of rotatable bonds is 6. The molecule has 0 aliphatic rings. The van der Waals surface area contributed by atoms with Gasteiger partial charge in [-0.15, -0.1) is 0 Å². The minimum absolute atomic E-state index is 0.0179. The van der Waals surface area contributed by atoms with Gasteiger partial charge in [0.15, 0.2) is 0 Å². The van der Waals surface area contributed by atoms with Crippen molar-refractivity contribution in [1.82, 2.24) is 5.32 Å². The van der Waals surface area contributed by atoms with Crippen molar-refractivity contribution >= 4 is 0 Å². The molecule has 2 aromatic carbocycles. The lowest BCUT2D eigenvalue weighted by atomic mass is 10.0. The predicted molar refractivity (Wildman–Crippen MR) is 82.3 cm³/mol. The first-order valence-electron chi connectivity index (χ1n) is 7.02. The summed E-state index contributed by atoms with van der Waals surface area (Å²) in [4.78, 5) is 0. The summed E-state index contributed by atoms with van der Waals surface area (Å²) < 4.78 is 0. The molecule has 0 radical (unpaired) electrons. The van der Waals surface area contributed by atoms with Crippen molar-refractivity contribution in [3.8, 4) is 11.5 Å². The highest BCUT2D eigenvalue weighted by Crippen LogP contribution is 2.25. The van der Waals surface area contributed by atoms with Gasteiger partial charge in [-0.25, -0.2) is 0 Å². The number of benzene rings is 2. The predicted octanol–water partition coefficient (Wildman–Crippen LogP) is 2.35. The molecule has 112 valence electrons. The Balaban J connectivity index is 2.03. The Morgan fingerprint density at radius 2 is 1.62 bits per heavy atom. The average Bonchev–Trinajstić information content (AvgIpc) is 2.46. The molecule has 0 bridgehead atoms. The Kier molecular flexibility index (Phi) is 5.20. The molecule has 1 unspecified atom stereocenters. The summed E-state index contributed by atoms with van der Waals surface area (Å²) in [5.41, 5.74) is 1.93. The SMILES string of the molecule is CC(N[C@@H](CO)Cc1ccccc1)c1cc(O)cc(O)c1. The van der Waals surface area contributed by atoms with E-state index < -0.39 is 0 Å². The molecule has 0 aromatic heterocycles. The van der Waals surface area contributed by atoms with Crippen LogP contribution >= 0.6 is 0 Å². The molecule has 4 heteroatoms. The highest BCUT2D eigenvalue weighted by atomic mass is 16.3. The molecule has 0 heterocycles. The van der Waals surface area contributed by atoms with E-state index in [0.717, 1.165) is 11.1 Å². The quantitative estimate of drug-likeness (QED) is 0.658. The van der Waals surface area contributed by atoms with Crippen LogP contribution in [0.2, 0.25) is 0 Å². The molecule has 4 nitrogen and oxygen atoms in total. The molecule has 2 atom stereocenters. The summed E-state index contributed by atoms with van der Waals surface area (Å²) in [5.74, 6) is 0.0597. The summed E-state index contributed by atoms with van der Waals surface area (Å²) in [6.07, 6.45) is 0.715. The Morgan fingerprint density at radius 3 is 2.19 bits per heavy atom. The molecule has 0 aliphatic carbocycles. The van der Waals surface area contributed by atoms with Gasteiger partial charge in [0.05, 0.1) is 6.61 Å². The number of aliphatic hydroxyl groups is 1. The molecule has 0 aliphatic heterocycles. The molecule has 0 fully saturated rings. The molecule has 4 N–H and O–H groups in total. The van der Waals surface area contributed by atoms with Crippen molar-refractivity contribution in [2.45, 2.75) is 25.4 Å². The van der Waals surface area contributed by atoms with Gasteiger partial charge < -0.3 is 20.6 Å². The zero-order valence-corrected chi connectivity index (χ0v) is 12.0. The van der Waals surface area contributed by atoms with E-state index >= 15 is 0 Å². The van der Waals surface area contributed by atoms with Crippen LogP contribution in [-0.4, -0.2) is 28.0 Å². The third-order valence-electron chi connectivity index (χ3n) is 3.46. The molecule has 2 aromatic rings. The van der Waals surface area contributed by atoms with Gasteiger partial charge in [0.25, 0.3) is 0 Å². The lowest BCUT2D eigenvalue weighted by molar-refractivity contribution is 0.232. The summed E-state index contributed by atoms with van der Waals surface area (Å²) >= 11 is 0. The minimum atomic E-state index is -0.0936. The topological polar surface area (TPSA) is 72.7 Å². The van der Waals surface area contributed by atoms with Crippen LogP contribution < -0.4 is 5.32 Å². The smallest absolute Gasteiger partial charge is 0.119 e. The highest BCUT2D eigenvalue weighted by molar-refractivity contribution is 5.38. The number of aliphatic hydroxyl groups excluding tert-OH is 1. The standard InChI is InChI=1S/C17H21NO3/c1-12(14-8-16(20)10-17(21)9-14)18-15(11-19)7-13-5-3-2-4-6-13/h2-6,8-10,12,15,18-21H,7,11H2,1H3/t12?,15-/m1/s1. The van der Waals surface area contributed by atoms with Crippen LogP contribution in [0, 0.1) is 0 Å². The molecule has 0 saturated carbocycles. The van der Waals surface area contributed by atoms with E-state index in [1.807, 2.05) is 37.3 Å². The second-order valence-corrected chi connectivity index (χ2v) is 5.24. The van der Waals surface area contributed by atoms with Crippen molar-refractivity contribution in [3.63, 3.8) is 0 Å². The van der Waals surface area contributed by atoms with Gasteiger partial charge in [0.1, 0.15) is 11.5 Å². The highest BCUT2D eigenvalue weighted by Gasteiger charge is 2.14. The Hall–Kier alpha value is -2.04. The first kappa shape index (κ1) is 15.4. The van der Waals surface area contributed by atoms with Crippen LogP contribution in [0.1, 0.15) is 24.1 Å². The number of aromatic hydroxyl groups is 2. The van der Waals surface area contributed by atoms with Crippen LogP contribution in [0.5, 0.6) is 11.5 Å². The normalized spacial score (nSPS) is 13.8. The Morgan fingerprint density at radius 1 is 1.00 bits per heavy atom. The van der Waals surface area contributed by atoms with Crippen molar-refractivity contribution in [3.05, 3.63) is 59.7 Å². The van der Waals surface area contributed by atoms with Crippen LogP contribution in [-0.2, 0) is 6.42 Å². The van der Waals surface area contributed by atoms with Gasteiger partial charge in [-0.3, -0.25) is 0 Å². The molecule has 21 heavy (non-hydrogen) atoms. The van der Waals surface area contributed by atoms with E-state index in [-0.39, 0.29) is 30.2 Å². The molecule has 2 rings (SSSR count). The van der Waals surface area contributed by atoms with Crippen molar-refractivity contribution in [2.75, 3.05) is 6.61 Å². The zero-order valence-electron chi connectivity index (χ0n) is 12.0. The fourth-order valence-electron chi connectivity index (χ4n) is 2.39. The third-order valence-corrected chi connectivity index (χ3v) is 3.46. The largest absolute Gasteiger partial charge is 0.508 e. The van der Waals surface area contributed by atoms with Gasteiger partial charge in [0.2, 0.25) is 0 Å². The fraction of sp³-hybridized carbons (Fsp3) is 0.294. The van der Waals surface area contributed by atoms with Gasteiger partial charge >= 0.3 is 0 Å². The molecular weight excluding hydrogens is 266 g/mol. The first-order chi connectivity index (χ1) is 10.1. The number of nitrogens with one attached hydrogen (secondary N) is 1. The maximum Gasteiger partial charge on any atom is 0.119 e. The Bertz CT molecular complexity index is 551. The molecular formula is C17H21NO3. The average molecular weight is 287 g/mol. The van der Waals surface area contributed by atoms with Crippen LogP contribution in [0.25, 0.3) is 0 Å². The van der Waals surface area contributed by atoms with Crippen molar-refractivity contribution < 1.29 is 15.3 Å². The lowest BCUT2D eigenvalue weighted by Gasteiger charge is -2.22. The number of phenols is 2. The summed E-state index contributed by atoms with van der Waals surface area (Å²) in [6, 6.07) is 14.3. The van der Waals surface area contributed by atoms with E-state index in [9.17, 15) is 15.3 Å². The first-order valence-corrected chi connectivity index (χ1v) is 7.02. The van der Waals surface area contributed by atoms with E-state index in [4.69, 9.17) is 0 Å². The van der Waals surface area contributed by atoms with Crippen LogP contribution in [0.15, 0.2) is 48.5 Å². The van der Waals surface area contributed by atoms with E-state index in [1.165, 1.54) is 6.07 Å². The lowest BCUT2D eigenvalue weighted by Crippen LogP contribution is -2.36. The fourth-order valence-corrected chi connectivity index (χ4v) is 2.39. The van der Waals surface area contributed by atoms with Gasteiger partial charge in [-0.05, 0) is 36.6 Å². The van der Waals surface area contributed by atoms with E-state index in [1.54, 1.807) is 12.1 Å². The monoisotopic (exact) mass is 287 g/mol. The van der Waals surface area contributed by atoms with Crippen molar-refractivity contribution in [2.24, 2.45) is 0 Å². The van der Waals surface area contributed by atoms with Gasteiger partial charge in [0, 0.05) is 18.2 Å². The second-order valence-electron chi connectivity index (χ2n) is 5.24. The second kappa shape index (κ2) is 7.11. The van der Waals surface area contributed by atoms with Gasteiger partial charge in [-0.1, -0.05) is 30.3 Å². The maximum absolute atomic E-state index is 9.53. The summed E-state index contributed by atoms with van der Waals surface area (Å²) in [5, 5.41) is 31.9.